The van der Waals surface area contributed by atoms with Crippen LogP contribution in [0.15, 0.2) is 21.7 Å². The zero-order valence-electron chi connectivity index (χ0n) is 13.6. The molecule has 2 nitrogen and oxygen atoms in total. The summed E-state index contributed by atoms with van der Waals surface area (Å²) < 4.78 is 1.26. The number of carbonyl (C=O) groups excluding carboxylic acids is 1. The average Bonchev–Trinajstić information content (AvgIpc) is 2.36. The summed E-state index contributed by atoms with van der Waals surface area (Å²) in [5.41, 5.74) is 2.40. The predicted octanol–water partition coefficient (Wildman–Crippen LogP) is 4.77. The lowest BCUT2D eigenvalue weighted by molar-refractivity contribution is -0.120. The van der Waals surface area contributed by atoms with E-state index in [1.165, 1.54) is 10.1 Å². The molecule has 0 aromatic carbocycles. The number of carbonyl (C=O) groups is 1. The van der Waals surface area contributed by atoms with E-state index in [2.05, 4.69) is 42.8 Å². The number of ketones is 1. The maximum Gasteiger partial charge on any atom is 0.158 e. The predicted molar refractivity (Wildman–Crippen MR) is 90.3 cm³/mol. The van der Waals surface area contributed by atoms with Gasteiger partial charge in [-0.3, -0.25) is 4.79 Å². The number of halogens is 1. The van der Waals surface area contributed by atoms with Crippen LogP contribution in [0.1, 0.15) is 59.8 Å². The van der Waals surface area contributed by atoms with Gasteiger partial charge >= 0.3 is 0 Å². The van der Waals surface area contributed by atoms with Crippen LogP contribution in [0.4, 0.5) is 0 Å². The van der Waals surface area contributed by atoms with Crippen LogP contribution in [-0.2, 0) is 4.79 Å². The van der Waals surface area contributed by atoms with Crippen LogP contribution >= 0.6 is 15.9 Å². The first-order valence-corrected chi connectivity index (χ1v) is 8.73. The molecule has 118 valence electrons. The van der Waals surface area contributed by atoms with E-state index < -0.39 is 0 Å². The molecule has 0 saturated heterocycles. The Hall–Kier alpha value is -0.410. The molecule has 0 fully saturated rings. The van der Waals surface area contributed by atoms with Crippen molar-refractivity contribution in [1.82, 2.24) is 0 Å². The Morgan fingerprint density at radius 3 is 2.62 bits per heavy atom. The van der Waals surface area contributed by atoms with Crippen molar-refractivity contribution in [2.24, 2.45) is 16.7 Å². The summed E-state index contributed by atoms with van der Waals surface area (Å²) in [6, 6.07) is 0. The SMILES string of the molecule is CC1=C(CCCCO)[C@@]2(C)CC(Br)=CC(C)(C)[C@H]2CC1=O. The monoisotopic (exact) mass is 354 g/mol. The molecule has 0 spiro atoms. The van der Waals surface area contributed by atoms with Gasteiger partial charge in [-0.2, -0.15) is 0 Å². The summed E-state index contributed by atoms with van der Waals surface area (Å²) in [6.45, 7) is 9.05. The summed E-state index contributed by atoms with van der Waals surface area (Å²) in [7, 11) is 0. The van der Waals surface area contributed by atoms with Crippen molar-refractivity contribution >= 4 is 21.7 Å². The zero-order chi connectivity index (χ0) is 15.8. The second kappa shape index (κ2) is 6.00. The lowest BCUT2D eigenvalue weighted by Crippen LogP contribution is -2.46. The minimum Gasteiger partial charge on any atom is -0.396 e. The van der Waals surface area contributed by atoms with E-state index in [0.717, 1.165) is 31.3 Å². The van der Waals surface area contributed by atoms with E-state index in [1.807, 2.05) is 6.92 Å². The third-order valence-corrected chi connectivity index (χ3v) is 6.03. The molecule has 21 heavy (non-hydrogen) atoms. The largest absolute Gasteiger partial charge is 0.396 e. The van der Waals surface area contributed by atoms with Gasteiger partial charge in [0.05, 0.1) is 0 Å². The normalized spacial score (nSPS) is 32.0. The third-order valence-electron chi connectivity index (χ3n) is 5.52. The van der Waals surface area contributed by atoms with Crippen molar-refractivity contribution in [2.75, 3.05) is 6.61 Å². The number of Topliss-reactive ketones (excluding diaryl/α,β-unsaturated/α-hetero) is 1. The first-order chi connectivity index (χ1) is 9.72. The van der Waals surface area contributed by atoms with Gasteiger partial charge in [-0.15, -0.1) is 0 Å². The lowest BCUT2D eigenvalue weighted by atomic mass is 9.52. The number of hydrogen-bond donors (Lipinski definition) is 1. The number of allylic oxidation sites excluding steroid dienone is 4. The van der Waals surface area contributed by atoms with E-state index in [9.17, 15) is 4.79 Å². The minimum absolute atomic E-state index is 0.0322. The second-order valence-electron chi connectivity index (χ2n) is 7.47. The van der Waals surface area contributed by atoms with Crippen LogP contribution in [0, 0.1) is 16.7 Å². The maximum atomic E-state index is 12.5. The van der Waals surface area contributed by atoms with Crippen LogP contribution in [0.5, 0.6) is 0 Å². The highest BCUT2D eigenvalue weighted by Gasteiger charge is 2.51. The molecule has 2 atom stereocenters. The van der Waals surface area contributed by atoms with E-state index in [-0.39, 0.29) is 17.4 Å². The van der Waals surface area contributed by atoms with Crippen molar-refractivity contribution in [2.45, 2.75) is 59.8 Å². The Morgan fingerprint density at radius 2 is 2.00 bits per heavy atom. The molecule has 0 radical (unpaired) electrons. The van der Waals surface area contributed by atoms with Crippen molar-refractivity contribution in [3.8, 4) is 0 Å². The fourth-order valence-corrected chi connectivity index (χ4v) is 5.65. The number of aliphatic hydroxyl groups is 1. The molecule has 0 aromatic heterocycles. The van der Waals surface area contributed by atoms with Crippen molar-refractivity contribution < 1.29 is 9.90 Å². The van der Waals surface area contributed by atoms with Crippen LogP contribution < -0.4 is 0 Å². The van der Waals surface area contributed by atoms with Crippen LogP contribution in [0.2, 0.25) is 0 Å². The average molecular weight is 355 g/mol. The van der Waals surface area contributed by atoms with Gasteiger partial charge in [0.25, 0.3) is 0 Å². The van der Waals surface area contributed by atoms with E-state index in [0.29, 0.717) is 18.1 Å². The molecule has 3 heteroatoms. The van der Waals surface area contributed by atoms with Crippen LogP contribution in [0.25, 0.3) is 0 Å². The summed E-state index contributed by atoms with van der Waals surface area (Å²) in [5, 5.41) is 9.04. The Balaban J connectivity index is 2.43. The molecular weight excluding hydrogens is 328 g/mol. The highest BCUT2D eigenvalue weighted by Crippen LogP contribution is 2.59. The molecule has 0 aromatic rings. The van der Waals surface area contributed by atoms with E-state index in [4.69, 9.17) is 5.11 Å². The topological polar surface area (TPSA) is 37.3 Å². The van der Waals surface area contributed by atoms with Crippen molar-refractivity contribution in [1.29, 1.82) is 0 Å². The Labute approximate surface area is 136 Å². The first-order valence-electron chi connectivity index (χ1n) is 7.94. The molecule has 0 amide bonds. The van der Waals surface area contributed by atoms with Crippen LogP contribution in [0.3, 0.4) is 0 Å². The van der Waals surface area contributed by atoms with Gasteiger partial charge in [-0.1, -0.05) is 48.4 Å². The summed E-state index contributed by atoms with van der Waals surface area (Å²) >= 11 is 3.72. The Bertz CT molecular complexity index is 501. The highest BCUT2D eigenvalue weighted by atomic mass is 79.9. The third kappa shape index (κ3) is 3.05. The molecule has 0 heterocycles. The standard InChI is InChI=1S/C18H27BrO2/c1-12-14(7-5-6-8-20)18(4)11-13(19)10-17(2,3)16(18)9-15(12)21/h10,16,20H,5-9,11H2,1-4H3/t16-,18-/m1/s1. The fourth-order valence-electron chi connectivity index (χ4n) is 4.48. The number of aliphatic hydroxyl groups excluding tert-OH is 1. The lowest BCUT2D eigenvalue weighted by Gasteiger charge is -2.53. The molecule has 2 aliphatic carbocycles. The van der Waals surface area contributed by atoms with Gasteiger partial charge in [0.1, 0.15) is 0 Å². The number of fused-ring (bicyclic) bond motifs is 1. The smallest absolute Gasteiger partial charge is 0.158 e. The second-order valence-corrected chi connectivity index (χ2v) is 8.49. The highest BCUT2D eigenvalue weighted by molar-refractivity contribution is 9.11. The van der Waals surface area contributed by atoms with Gasteiger partial charge in [-0.25, -0.2) is 0 Å². The van der Waals surface area contributed by atoms with Gasteiger partial charge in [-0.05, 0) is 59.4 Å². The number of hydrogen-bond acceptors (Lipinski definition) is 2. The van der Waals surface area contributed by atoms with Gasteiger partial charge in [0.15, 0.2) is 5.78 Å². The van der Waals surface area contributed by atoms with Crippen molar-refractivity contribution in [3.05, 3.63) is 21.7 Å². The Kier molecular flexibility index (Phi) is 4.84. The van der Waals surface area contributed by atoms with E-state index >= 15 is 0 Å². The fraction of sp³-hybridized carbons (Fsp3) is 0.722. The quantitative estimate of drug-likeness (QED) is 0.738. The first kappa shape index (κ1) is 17.0. The van der Waals surface area contributed by atoms with Crippen LogP contribution in [-0.4, -0.2) is 17.5 Å². The van der Waals surface area contributed by atoms with Crippen molar-refractivity contribution in [3.63, 3.8) is 0 Å². The molecule has 2 aliphatic rings. The van der Waals surface area contributed by atoms with E-state index in [1.54, 1.807) is 0 Å². The molecule has 1 N–H and O–H groups in total. The minimum atomic E-state index is 0.0322. The molecule has 0 unspecified atom stereocenters. The Morgan fingerprint density at radius 1 is 1.33 bits per heavy atom. The number of unbranched alkanes of at least 4 members (excludes halogenated alkanes) is 1. The van der Waals surface area contributed by atoms with Gasteiger partial charge < -0.3 is 5.11 Å². The summed E-state index contributed by atoms with van der Waals surface area (Å²) in [6.07, 6.45) is 6.64. The molecule has 0 aliphatic heterocycles. The zero-order valence-corrected chi connectivity index (χ0v) is 15.2. The summed E-state index contributed by atoms with van der Waals surface area (Å²) in [5.74, 6) is 0.683. The van der Waals surface area contributed by atoms with Gasteiger partial charge in [0, 0.05) is 13.0 Å². The molecular formula is C18H27BrO2. The molecule has 2 rings (SSSR count). The molecule has 0 saturated carbocycles. The maximum absolute atomic E-state index is 12.5. The summed E-state index contributed by atoms with van der Waals surface area (Å²) in [4.78, 5) is 12.5. The number of rotatable bonds is 4. The molecule has 0 bridgehead atoms. The van der Waals surface area contributed by atoms with Gasteiger partial charge in [0.2, 0.25) is 0 Å².